The van der Waals surface area contributed by atoms with Crippen molar-refractivity contribution < 1.29 is 0 Å². The number of rotatable bonds is 0. The molecule has 1 rings (SSSR count). The fraction of sp³-hybridized carbons (Fsp3) is 1.00. The van der Waals surface area contributed by atoms with Crippen molar-refractivity contribution in [3.63, 3.8) is 0 Å². The van der Waals surface area contributed by atoms with Gasteiger partial charge in [0.15, 0.2) is 0 Å². The highest BCUT2D eigenvalue weighted by Crippen LogP contribution is 2.20. The van der Waals surface area contributed by atoms with Crippen LogP contribution >= 0.6 is 0 Å². The normalized spacial score (nSPS) is 39.0. The van der Waals surface area contributed by atoms with Gasteiger partial charge in [-0.3, -0.25) is 0 Å². The van der Waals surface area contributed by atoms with Gasteiger partial charge in [0.25, 0.3) is 0 Å². The Labute approximate surface area is 58.0 Å². The third kappa shape index (κ3) is 1.45. The zero-order chi connectivity index (χ0) is 6.85. The largest absolute Gasteiger partial charge is 0.303 e. The van der Waals surface area contributed by atoms with E-state index in [2.05, 4.69) is 25.8 Å². The Balaban J connectivity index is 2.41. The van der Waals surface area contributed by atoms with Crippen LogP contribution in [0.5, 0.6) is 0 Å². The minimum Gasteiger partial charge on any atom is -0.303 e. The molecule has 0 aromatic rings. The van der Waals surface area contributed by atoms with E-state index in [1.807, 2.05) is 0 Å². The molecular weight excluding hydrogens is 110 g/mol. The lowest BCUT2D eigenvalue weighted by atomic mass is 9.93. The van der Waals surface area contributed by atoms with Gasteiger partial charge in [0, 0.05) is 6.04 Å². The van der Waals surface area contributed by atoms with E-state index >= 15 is 0 Å². The number of nitrogens with zero attached hydrogens (tertiary/aromatic N) is 1. The van der Waals surface area contributed by atoms with E-state index in [0.29, 0.717) is 0 Å². The third-order valence-corrected chi connectivity index (χ3v) is 2.69. The molecule has 0 spiro atoms. The van der Waals surface area contributed by atoms with Crippen LogP contribution in [0.1, 0.15) is 26.7 Å². The summed E-state index contributed by atoms with van der Waals surface area (Å²) in [5.41, 5.74) is 0. The van der Waals surface area contributed by atoms with Crippen molar-refractivity contribution >= 4 is 0 Å². The van der Waals surface area contributed by atoms with Crippen LogP contribution < -0.4 is 0 Å². The second-order valence-corrected chi connectivity index (χ2v) is 3.34. The maximum absolute atomic E-state index is 2.45. The molecule has 54 valence electrons. The molecule has 1 aliphatic rings. The zero-order valence-electron chi connectivity index (χ0n) is 6.72. The Morgan fingerprint density at radius 1 is 1.33 bits per heavy atom. The van der Waals surface area contributed by atoms with Crippen LogP contribution in [0.4, 0.5) is 0 Å². The molecule has 0 radical (unpaired) electrons. The molecule has 0 N–H and O–H groups in total. The van der Waals surface area contributed by atoms with E-state index in [9.17, 15) is 0 Å². The molecule has 1 saturated heterocycles. The molecule has 9 heavy (non-hydrogen) atoms. The van der Waals surface area contributed by atoms with Crippen LogP contribution in [0, 0.1) is 5.92 Å². The first kappa shape index (κ1) is 7.07. The Hall–Kier alpha value is -0.0400. The lowest BCUT2D eigenvalue weighted by Crippen LogP contribution is -2.39. The van der Waals surface area contributed by atoms with Gasteiger partial charge in [0.05, 0.1) is 0 Å². The molecule has 1 fully saturated rings. The van der Waals surface area contributed by atoms with Crippen LogP contribution in [-0.4, -0.2) is 24.5 Å². The minimum atomic E-state index is 0.804. The summed E-state index contributed by atoms with van der Waals surface area (Å²) >= 11 is 0. The quantitative estimate of drug-likeness (QED) is 0.479. The van der Waals surface area contributed by atoms with E-state index in [-0.39, 0.29) is 0 Å². The Morgan fingerprint density at radius 2 is 2.00 bits per heavy atom. The molecule has 0 saturated carbocycles. The number of likely N-dealkylation sites (tertiary alicyclic amines) is 1. The van der Waals surface area contributed by atoms with E-state index in [1.54, 1.807) is 0 Å². The Bertz CT molecular complexity index is 80.6. The van der Waals surface area contributed by atoms with Crippen molar-refractivity contribution in [1.82, 2.24) is 4.90 Å². The van der Waals surface area contributed by atoms with Gasteiger partial charge in [0.1, 0.15) is 0 Å². The van der Waals surface area contributed by atoms with Crippen molar-refractivity contribution in [3.8, 4) is 0 Å². The maximum atomic E-state index is 2.45. The molecular formula is C8H17N. The average molecular weight is 127 g/mol. The molecule has 2 unspecified atom stereocenters. The predicted molar refractivity (Wildman–Crippen MR) is 40.5 cm³/mol. The van der Waals surface area contributed by atoms with E-state index in [0.717, 1.165) is 12.0 Å². The van der Waals surface area contributed by atoms with Crippen molar-refractivity contribution in [2.75, 3.05) is 13.6 Å². The van der Waals surface area contributed by atoms with Crippen molar-refractivity contribution in [2.45, 2.75) is 32.7 Å². The van der Waals surface area contributed by atoms with Gasteiger partial charge in [-0.2, -0.15) is 0 Å². The van der Waals surface area contributed by atoms with Crippen LogP contribution in [0.15, 0.2) is 0 Å². The molecule has 0 aromatic carbocycles. The van der Waals surface area contributed by atoms with E-state index < -0.39 is 0 Å². The van der Waals surface area contributed by atoms with Gasteiger partial charge in [-0.05, 0) is 39.3 Å². The fourth-order valence-corrected chi connectivity index (χ4v) is 1.54. The number of hydrogen-bond acceptors (Lipinski definition) is 1. The highest BCUT2D eigenvalue weighted by atomic mass is 15.1. The zero-order valence-corrected chi connectivity index (χ0v) is 6.72. The molecule has 1 nitrogen and oxygen atoms in total. The molecule has 0 amide bonds. The second kappa shape index (κ2) is 2.70. The van der Waals surface area contributed by atoms with Gasteiger partial charge in [-0.1, -0.05) is 6.92 Å². The summed E-state index contributed by atoms with van der Waals surface area (Å²) in [6.45, 7) is 5.97. The lowest BCUT2D eigenvalue weighted by molar-refractivity contribution is 0.145. The topological polar surface area (TPSA) is 3.24 Å². The van der Waals surface area contributed by atoms with E-state index in [1.165, 1.54) is 19.4 Å². The van der Waals surface area contributed by atoms with Gasteiger partial charge in [0.2, 0.25) is 0 Å². The molecule has 0 aliphatic carbocycles. The smallest absolute Gasteiger partial charge is 0.00895 e. The van der Waals surface area contributed by atoms with Gasteiger partial charge in [-0.25, -0.2) is 0 Å². The molecule has 0 bridgehead atoms. The van der Waals surface area contributed by atoms with Gasteiger partial charge >= 0.3 is 0 Å². The van der Waals surface area contributed by atoms with Crippen molar-refractivity contribution in [3.05, 3.63) is 0 Å². The molecule has 0 aromatic heterocycles. The standard InChI is InChI=1S/C8H17N/c1-7-5-4-6-9(3)8(7)2/h7-8H,4-6H2,1-3H3. The highest BCUT2D eigenvalue weighted by molar-refractivity contribution is 4.75. The monoisotopic (exact) mass is 127 g/mol. The lowest BCUT2D eigenvalue weighted by Gasteiger charge is -2.34. The SMILES string of the molecule is CC1CCCN(C)C1C. The summed E-state index contributed by atoms with van der Waals surface area (Å²) in [5.74, 6) is 0.906. The summed E-state index contributed by atoms with van der Waals surface area (Å²) in [6, 6.07) is 0.804. The third-order valence-electron chi connectivity index (χ3n) is 2.69. The summed E-state index contributed by atoms with van der Waals surface area (Å²) in [5, 5.41) is 0. The Kier molecular flexibility index (Phi) is 2.12. The minimum absolute atomic E-state index is 0.804. The van der Waals surface area contributed by atoms with Crippen molar-refractivity contribution in [2.24, 2.45) is 5.92 Å². The average Bonchev–Trinajstić information content (AvgIpc) is 1.83. The summed E-state index contributed by atoms with van der Waals surface area (Å²) in [7, 11) is 2.22. The molecule has 1 heteroatoms. The van der Waals surface area contributed by atoms with Crippen LogP contribution in [-0.2, 0) is 0 Å². The summed E-state index contributed by atoms with van der Waals surface area (Å²) < 4.78 is 0. The van der Waals surface area contributed by atoms with Crippen LogP contribution in [0.2, 0.25) is 0 Å². The van der Waals surface area contributed by atoms with Gasteiger partial charge in [-0.15, -0.1) is 0 Å². The molecule has 2 atom stereocenters. The Morgan fingerprint density at radius 3 is 2.44 bits per heavy atom. The first-order valence-electron chi connectivity index (χ1n) is 3.92. The van der Waals surface area contributed by atoms with E-state index in [4.69, 9.17) is 0 Å². The first-order chi connectivity index (χ1) is 4.22. The molecule has 1 aliphatic heterocycles. The van der Waals surface area contributed by atoms with Crippen molar-refractivity contribution in [1.29, 1.82) is 0 Å². The predicted octanol–water partition coefficient (Wildman–Crippen LogP) is 1.74. The summed E-state index contributed by atoms with van der Waals surface area (Å²) in [4.78, 5) is 2.45. The van der Waals surface area contributed by atoms with Crippen LogP contribution in [0.25, 0.3) is 0 Å². The highest BCUT2D eigenvalue weighted by Gasteiger charge is 2.20. The fourth-order valence-electron chi connectivity index (χ4n) is 1.54. The molecule has 1 heterocycles. The maximum Gasteiger partial charge on any atom is 0.00895 e. The summed E-state index contributed by atoms with van der Waals surface area (Å²) in [6.07, 6.45) is 2.81. The number of hydrogen-bond donors (Lipinski definition) is 0. The first-order valence-corrected chi connectivity index (χ1v) is 3.92. The number of piperidine rings is 1. The van der Waals surface area contributed by atoms with Crippen LogP contribution in [0.3, 0.4) is 0 Å². The second-order valence-electron chi connectivity index (χ2n) is 3.34. The van der Waals surface area contributed by atoms with Gasteiger partial charge < -0.3 is 4.90 Å².